The lowest BCUT2D eigenvalue weighted by molar-refractivity contribution is -0.144. The number of aryl methyl sites for hydroxylation is 2. The lowest BCUT2D eigenvalue weighted by Gasteiger charge is -2.28. The molecule has 2 aliphatic rings. The molecule has 0 N–H and O–H groups in total. The highest BCUT2D eigenvalue weighted by Gasteiger charge is 2.41. The summed E-state index contributed by atoms with van der Waals surface area (Å²) in [5.41, 5.74) is -7.70. The number of ether oxygens (including phenoxy) is 2. The lowest BCUT2D eigenvalue weighted by Crippen LogP contribution is -2.26. The first-order valence-corrected chi connectivity index (χ1v) is 25.1. The third-order valence-corrected chi connectivity index (χ3v) is 14.0. The summed E-state index contributed by atoms with van der Waals surface area (Å²) in [6.07, 6.45) is -24.0. The third kappa shape index (κ3) is 15.9. The Morgan fingerprint density at radius 2 is 0.720 bits per heavy atom. The van der Waals surface area contributed by atoms with Gasteiger partial charge in [0.25, 0.3) is 11.9 Å². The molecule has 4 aromatic carbocycles. The van der Waals surface area contributed by atoms with E-state index in [1.807, 2.05) is 0 Å². The molecule has 0 amide bonds. The molecule has 2 aromatic heterocycles. The summed E-state index contributed by atoms with van der Waals surface area (Å²) >= 11 is 0. The van der Waals surface area contributed by atoms with E-state index < -0.39 is 107 Å². The summed E-state index contributed by atoms with van der Waals surface area (Å²) in [7, 11) is 5.65. The minimum absolute atomic E-state index is 0.00407. The molecule has 0 saturated heterocycles. The van der Waals surface area contributed by atoms with Gasteiger partial charge in [-0.25, -0.2) is 0 Å². The van der Waals surface area contributed by atoms with Crippen LogP contribution in [0.5, 0.6) is 0 Å². The van der Waals surface area contributed by atoms with Crippen molar-refractivity contribution in [2.45, 2.75) is 127 Å². The number of halogens is 18. The van der Waals surface area contributed by atoms with Crippen LogP contribution in [0.3, 0.4) is 0 Å². The maximum Gasteiger partial charge on any atom is 0.416 e. The summed E-state index contributed by atoms with van der Waals surface area (Å²) in [5.74, 6) is -0.346. The molecule has 6 aromatic rings. The Morgan fingerprint density at radius 1 is 0.427 bits per heavy atom. The van der Waals surface area contributed by atoms with Gasteiger partial charge in [0, 0.05) is 40.4 Å². The summed E-state index contributed by atoms with van der Waals surface area (Å²) in [6, 6.07) is 8.51. The molecular formula is C52H52F18N10O2. The molecule has 0 aliphatic heterocycles. The van der Waals surface area contributed by atoms with Crippen LogP contribution < -0.4 is 9.80 Å². The molecule has 82 heavy (non-hydrogen) atoms. The van der Waals surface area contributed by atoms with E-state index in [-0.39, 0.29) is 60.1 Å². The molecule has 2 fully saturated rings. The molecule has 2 saturated carbocycles. The van der Waals surface area contributed by atoms with Crippen LogP contribution in [0.15, 0.2) is 72.8 Å². The minimum Gasteiger partial charge on any atom is -0.376 e. The minimum atomic E-state index is -5.08. The fourth-order valence-corrected chi connectivity index (χ4v) is 10.3. The molecule has 2 heterocycles. The van der Waals surface area contributed by atoms with E-state index in [1.54, 1.807) is 0 Å². The number of nitrogens with zero attached hydrogens (tertiary/aromatic N) is 10. The van der Waals surface area contributed by atoms with Crippen molar-refractivity contribution >= 4 is 11.9 Å². The van der Waals surface area contributed by atoms with Gasteiger partial charge in [0.1, 0.15) is 0 Å². The van der Waals surface area contributed by atoms with E-state index in [4.69, 9.17) is 9.47 Å². The second kappa shape index (κ2) is 24.6. The predicted octanol–water partition coefficient (Wildman–Crippen LogP) is 14.7. The molecular weight excluding hydrogens is 1140 g/mol. The van der Waals surface area contributed by atoms with Crippen LogP contribution in [-0.4, -0.2) is 54.6 Å². The molecule has 30 heteroatoms. The maximum absolute atomic E-state index is 13.7. The number of aromatic nitrogens is 8. The van der Waals surface area contributed by atoms with Gasteiger partial charge in [0.05, 0.1) is 59.7 Å². The van der Waals surface area contributed by atoms with Crippen molar-refractivity contribution in [2.24, 2.45) is 25.9 Å². The van der Waals surface area contributed by atoms with Crippen LogP contribution in [0.4, 0.5) is 90.9 Å². The van der Waals surface area contributed by atoms with Gasteiger partial charge in [-0.3, -0.25) is 0 Å². The number of hydrogen-bond acceptors (Lipinski definition) is 10. The van der Waals surface area contributed by atoms with Crippen molar-refractivity contribution in [1.29, 1.82) is 0 Å². The van der Waals surface area contributed by atoms with Crippen molar-refractivity contribution in [3.8, 4) is 0 Å². The number of alkyl halides is 18. The van der Waals surface area contributed by atoms with Gasteiger partial charge < -0.3 is 19.3 Å². The first kappa shape index (κ1) is 62.9. The average Bonchev–Trinajstić information content (AvgIpc) is 4.19. The van der Waals surface area contributed by atoms with Gasteiger partial charge >= 0.3 is 37.1 Å². The van der Waals surface area contributed by atoms with Crippen molar-refractivity contribution in [2.75, 3.05) is 24.0 Å². The van der Waals surface area contributed by atoms with Crippen LogP contribution in [0.2, 0.25) is 0 Å². The first-order valence-electron chi connectivity index (χ1n) is 25.1. The molecule has 2 aliphatic carbocycles. The summed E-state index contributed by atoms with van der Waals surface area (Å²) in [6.45, 7) is -1.94. The molecule has 8 rings (SSSR count). The smallest absolute Gasteiger partial charge is 0.376 e. The molecule has 448 valence electrons. The van der Waals surface area contributed by atoms with Gasteiger partial charge in [-0.1, -0.05) is 48.0 Å². The number of benzene rings is 4. The zero-order valence-corrected chi connectivity index (χ0v) is 43.8. The number of rotatable bonds is 16. The maximum atomic E-state index is 13.7. The van der Waals surface area contributed by atoms with E-state index in [1.165, 1.54) is 50.2 Å². The Balaban J connectivity index is 0.000000236. The largest absolute Gasteiger partial charge is 0.416 e. The molecule has 2 atom stereocenters. The quantitative estimate of drug-likeness (QED) is 0.0869. The Morgan fingerprint density at radius 3 is 0.963 bits per heavy atom. The van der Waals surface area contributed by atoms with Crippen LogP contribution in [-0.2, 0) is 86.8 Å². The predicted molar refractivity (Wildman–Crippen MR) is 257 cm³/mol. The van der Waals surface area contributed by atoms with Gasteiger partial charge in [-0.15, -0.1) is 10.2 Å². The average molecular weight is 1190 g/mol. The first-order chi connectivity index (χ1) is 38.1. The van der Waals surface area contributed by atoms with Gasteiger partial charge in [0.2, 0.25) is 0 Å². The highest BCUT2D eigenvalue weighted by atomic mass is 19.4. The molecule has 12 nitrogen and oxygen atoms in total. The highest BCUT2D eigenvalue weighted by molar-refractivity contribution is 5.44. The van der Waals surface area contributed by atoms with E-state index >= 15 is 0 Å². The van der Waals surface area contributed by atoms with Gasteiger partial charge in [0.15, 0.2) is 0 Å². The van der Waals surface area contributed by atoms with E-state index in [9.17, 15) is 79.0 Å². The summed E-state index contributed by atoms with van der Waals surface area (Å²) in [4.78, 5) is 4.39. The Labute approximate surface area is 456 Å². The number of tetrazole rings is 2. The molecule has 0 unspecified atom stereocenters. The van der Waals surface area contributed by atoms with Crippen LogP contribution in [0.1, 0.15) is 130 Å². The Kier molecular flexibility index (Phi) is 18.9. The number of methoxy groups -OCH3 is 2. The summed E-state index contributed by atoms with van der Waals surface area (Å²) < 4.78 is 256. The number of anilines is 2. The van der Waals surface area contributed by atoms with Gasteiger partial charge in [-0.2, -0.15) is 88.6 Å². The summed E-state index contributed by atoms with van der Waals surface area (Å²) in [5, 5.41) is 23.0. The molecule has 0 spiro atoms. The van der Waals surface area contributed by atoms with E-state index in [0.717, 1.165) is 85.2 Å². The van der Waals surface area contributed by atoms with Crippen LogP contribution >= 0.6 is 0 Å². The molecule has 0 radical (unpaired) electrons. The van der Waals surface area contributed by atoms with E-state index in [0.29, 0.717) is 35.4 Å². The van der Waals surface area contributed by atoms with Gasteiger partial charge in [-0.05, 0) is 142 Å². The van der Waals surface area contributed by atoms with Crippen molar-refractivity contribution in [3.63, 3.8) is 0 Å². The van der Waals surface area contributed by atoms with Crippen molar-refractivity contribution < 1.29 is 88.5 Å². The fraction of sp³-hybridized carbons (Fsp3) is 0.500. The Bertz CT molecular complexity index is 2830. The zero-order valence-electron chi connectivity index (χ0n) is 43.8. The normalized spacial score (nSPS) is 15.9. The van der Waals surface area contributed by atoms with Crippen LogP contribution in [0.25, 0.3) is 0 Å². The topological polar surface area (TPSA) is 112 Å². The Hall–Kier alpha value is -6.72. The second-order valence-corrected chi connectivity index (χ2v) is 19.9. The third-order valence-electron chi connectivity index (χ3n) is 14.0. The highest BCUT2D eigenvalue weighted by Crippen LogP contribution is 2.45. The van der Waals surface area contributed by atoms with E-state index in [2.05, 4.69) is 30.8 Å². The zero-order chi connectivity index (χ0) is 60.3. The standard InChI is InChI=1S/2C26H26F9N5O/c2*1-39-37-23(36-38-39)40(13-15-9-19(25(30,31)32)12-20(10-15)26(33,34)35)14-17-11-18(24(27,28)29)7-8-21(17)22(41-2)16-5-3-4-6-16/h2*7-12,16,22H,3-6,13-14H2,1-2H3/t2*22-/m10/s1. The fourth-order valence-electron chi connectivity index (χ4n) is 10.3. The van der Waals surface area contributed by atoms with Crippen LogP contribution in [0, 0.1) is 11.8 Å². The second-order valence-electron chi connectivity index (χ2n) is 19.9. The SMILES string of the molecule is CO[C@@H](c1ccc(C(F)(F)F)cc1CN(Cc1cc(C(F)(F)F)cc(C(F)(F)F)c1)c1nnn(C)n1)C1CCCC1.CO[C@H](c1ccc(C(F)(F)F)cc1CN(Cc1cc(C(F)(F)F)cc(C(F)(F)F)c1)c1nnn(C)n1)C1CCCC1. The van der Waals surface area contributed by atoms with Crippen molar-refractivity contribution in [3.05, 3.63) is 140 Å². The molecule has 0 bridgehead atoms. The number of hydrogen-bond donors (Lipinski definition) is 0. The monoisotopic (exact) mass is 1190 g/mol. The lowest BCUT2D eigenvalue weighted by atomic mass is 9.89. The van der Waals surface area contributed by atoms with Crippen molar-refractivity contribution in [1.82, 2.24) is 40.4 Å².